The largest absolute Gasteiger partial charge is 0.373 e. The first-order chi connectivity index (χ1) is 10.3. The van der Waals surface area contributed by atoms with E-state index in [1.807, 2.05) is 30.8 Å². The predicted molar refractivity (Wildman–Crippen MR) is 84.6 cm³/mol. The van der Waals surface area contributed by atoms with Crippen molar-refractivity contribution in [1.82, 2.24) is 14.9 Å². The Morgan fingerprint density at radius 3 is 3.14 bits per heavy atom. The number of thiazole rings is 1. The number of aromatic nitrogens is 2. The normalized spacial score (nSPS) is 19.6. The molecule has 1 aliphatic heterocycles. The summed E-state index contributed by atoms with van der Waals surface area (Å²) >= 11 is 1.73. The Morgan fingerprint density at radius 2 is 2.38 bits per heavy atom. The molecule has 1 atom stereocenters. The van der Waals surface area contributed by atoms with Crippen molar-refractivity contribution in [3.05, 3.63) is 40.0 Å². The summed E-state index contributed by atoms with van der Waals surface area (Å²) in [6.45, 7) is 5.59. The van der Waals surface area contributed by atoms with E-state index in [9.17, 15) is 0 Å². The quantitative estimate of drug-likeness (QED) is 0.940. The molecule has 112 valence electrons. The van der Waals surface area contributed by atoms with E-state index in [2.05, 4.69) is 27.1 Å². The van der Waals surface area contributed by atoms with Gasteiger partial charge in [0.1, 0.15) is 11.9 Å². The molecular weight excluding hydrogens is 284 g/mol. The van der Waals surface area contributed by atoms with Crippen LogP contribution in [0.1, 0.15) is 22.4 Å². The highest BCUT2D eigenvalue weighted by Crippen LogP contribution is 2.24. The third-order valence-electron chi connectivity index (χ3n) is 3.72. The summed E-state index contributed by atoms with van der Waals surface area (Å²) in [4.78, 5) is 12.7. The van der Waals surface area contributed by atoms with Gasteiger partial charge in [-0.2, -0.15) is 0 Å². The molecule has 1 aliphatic rings. The molecule has 3 rings (SSSR count). The van der Waals surface area contributed by atoms with Gasteiger partial charge in [0.2, 0.25) is 0 Å². The number of hydrogen-bond donors (Lipinski definition) is 1. The zero-order valence-electron chi connectivity index (χ0n) is 12.4. The van der Waals surface area contributed by atoms with E-state index in [0.29, 0.717) is 0 Å². The van der Waals surface area contributed by atoms with Crippen LogP contribution in [0.5, 0.6) is 0 Å². The van der Waals surface area contributed by atoms with Crippen LogP contribution in [-0.2, 0) is 11.3 Å². The van der Waals surface area contributed by atoms with Crippen LogP contribution in [0, 0.1) is 6.92 Å². The lowest BCUT2D eigenvalue weighted by Gasteiger charge is -2.32. The first-order valence-corrected chi connectivity index (χ1v) is 8.02. The molecule has 0 spiro atoms. The lowest BCUT2D eigenvalue weighted by molar-refractivity contribution is -0.0346. The van der Waals surface area contributed by atoms with Crippen LogP contribution in [-0.4, -0.2) is 41.6 Å². The fraction of sp³-hybridized carbons (Fsp3) is 0.467. The minimum Gasteiger partial charge on any atom is -0.373 e. The monoisotopic (exact) mass is 304 g/mol. The van der Waals surface area contributed by atoms with E-state index < -0.39 is 0 Å². The minimum absolute atomic E-state index is 0.0419. The summed E-state index contributed by atoms with van der Waals surface area (Å²) < 4.78 is 5.90. The smallest absolute Gasteiger partial charge is 0.126 e. The van der Waals surface area contributed by atoms with Crippen molar-refractivity contribution >= 4 is 17.2 Å². The number of pyridine rings is 1. The van der Waals surface area contributed by atoms with Gasteiger partial charge in [-0.3, -0.25) is 4.90 Å². The second-order valence-electron chi connectivity index (χ2n) is 5.15. The molecule has 0 saturated carbocycles. The van der Waals surface area contributed by atoms with Gasteiger partial charge in [-0.05, 0) is 19.1 Å². The van der Waals surface area contributed by atoms with Crippen LogP contribution in [0.25, 0.3) is 0 Å². The Balaban J connectivity index is 1.69. The summed E-state index contributed by atoms with van der Waals surface area (Å²) in [5.41, 5.74) is 4.05. The molecule has 1 saturated heterocycles. The Bertz CT molecular complexity index is 601. The number of hydrogen-bond acceptors (Lipinski definition) is 6. The molecule has 3 heterocycles. The Morgan fingerprint density at radius 1 is 1.48 bits per heavy atom. The van der Waals surface area contributed by atoms with Gasteiger partial charge in [-0.15, -0.1) is 11.3 Å². The molecule has 0 aliphatic carbocycles. The number of aryl methyl sites for hydroxylation is 1. The first kappa shape index (κ1) is 14.4. The molecule has 6 heteroatoms. The lowest BCUT2D eigenvalue weighted by Crippen LogP contribution is -2.38. The molecule has 0 radical (unpaired) electrons. The summed E-state index contributed by atoms with van der Waals surface area (Å²) in [7, 11) is 1.88. The van der Waals surface area contributed by atoms with Crippen molar-refractivity contribution in [1.29, 1.82) is 0 Å². The molecule has 1 unspecified atom stereocenters. The Hall–Kier alpha value is -1.50. The SMILES string of the molecule is CNc1cccc(C2CN(Cc3scnc3C)CCO2)n1. The molecule has 1 fully saturated rings. The number of morpholine rings is 1. The second-order valence-corrected chi connectivity index (χ2v) is 6.09. The zero-order chi connectivity index (χ0) is 14.7. The van der Waals surface area contributed by atoms with Gasteiger partial charge in [0.05, 0.1) is 23.5 Å². The molecular formula is C15H20N4OS. The van der Waals surface area contributed by atoms with Crippen LogP contribution in [0.15, 0.2) is 23.7 Å². The van der Waals surface area contributed by atoms with Crippen molar-refractivity contribution in [2.24, 2.45) is 0 Å². The van der Waals surface area contributed by atoms with Gasteiger partial charge >= 0.3 is 0 Å². The van der Waals surface area contributed by atoms with Gasteiger partial charge in [-0.1, -0.05) is 6.07 Å². The van der Waals surface area contributed by atoms with Crippen molar-refractivity contribution < 1.29 is 4.74 Å². The third kappa shape index (κ3) is 3.40. The van der Waals surface area contributed by atoms with E-state index in [0.717, 1.165) is 43.4 Å². The predicted octanol–water partition coefficient (Wildman–Crippen LogP) is 2.46. The fourth-order valence-corrected chi connectivity index (χ4v) is 3.29. The van der Waals surface area contributed by atoms with E-state index >= 15 is 0 Å². The standard InChI is InChI=1S/C15H20N4OS/c1-11-14(21-10-17-11)9-19-6-7-20-13(8-19)12-4-3-5-15(16-2)18-12/h3-5,10,13H,6-9H2,1-2H3,(H,16,18). The second kappa shape index (κ2) is 6.51. The van der Waals surface area contributed by atoms with Crippen LogP contribution in [0.4, 0.5) is 5.82 Å². The maximum Gasteiger partial charge on any atom is 0.126 e. The summed E-state index contributed by atoms with van der Waals surface area (Å²) in [5.74, 6) is 0.881. The fourth-order valence-electron chi connectivity index (χ4n) is 2.48. The van der Waals surface area contributed by atoms with E-state index in [4.69, 9.17) is 4.74 Å². The Labute approximate surface area is 129 Å². The minimum atomic E-state index is 0.0419. The maximum absolute atomic E-state index is 5.90. The number of nitrogens with one attached hydrogen (secondary N) is 1. The van der Waals surface area contributed by atoms with Crippen LogP contribution in [0.3, 0.4) is 0 Å². The Kier molecular flexibility index (Phi) is 4.48. The molecule has 2 aromatic heterocycles. The number of nitrogens with zero attached hydrogens (tertiary/aromatic N) is 3. The van der Waals surface area contributed by atoms with Gasteiger partial charge in [0.25, 0.3) is 0 Å². The molecule has 0 aromatic carbocycles. The van der Waals surface area contributed by atoms with Crippen molar-refractivity contribution in [2.45, 2.75) is 19.6 Å². The summed E-state index contributed by atoms with van der Waals surface area (Å²) in [5, 5.41) is 3.07. The van der Waals surface area contributed by atoms with Gasteiger partial charge < -0.3 is 10.1 Å². The molecule has 2 aromatic rings. The molecule has 0 bridgehead atoms. The van der Waals surface area contributed by atoms with Gasteiger partial charge in [0.15, 0.2) is 0 Å². The van der Waals surface area contributed by atoms with E-state index in [1.165, 1.54) is 4.88 Å². The average Bonchev–Trinajstić information content (AvgIpc) is 2.93. The topological polar surface area (TPSA) is 50.3 Å². The van der Waals surface area contributed by atoms with Crippen LogP contribution >= 0.6 is 11.3 Å². The molecule has 1 N–H and O–H groups in total. The number of rotatable bonds is 4. The van der Waals surface area contributed by atoms with Crippen molar-refractivity contribution in [3.63, 3.8) is 0 Å². The highest BCUT2D eigenvalue weighted by molar-refractivity contribution is 7.09. The lowest BCUT2D eigenvalue weighted by atomic mass is 10.2. The summed E-state index contributed by atoms with van der Waals surface area (Å²) in [6, 6.07) is 6.02. The van der Waals surface area contributed by atoms with E-state index in [-0.39, 0.29) is 6.10 Å². The first-order valence-electron chi connectivity index (χ1n) is 7.14. The van der Waals surface area contributed by atoms with Crippen molar-refractivity contribution in [2.75, 3.05) is 32.1 Å². The van der Waals surface area contributed by atoms with Crippen LogP contribution < -0.4 is 5.32 Å². The molecule has 21 heavy (non-hydrogen) atoms. The number of ether oxygens (including phenoxy) is 1. The van der Waals surface area contributed by atoms with Crippen molar-refractivity contribution in [3.8, 4) is 0 Å². The third-order valence-corrected chi connectivity index (χ3v) is 4.64. The van der Waals surface area contributed by atoms with E-state index in [1.54, 1.807) is 11.3 Å². The van der Waals surface area contributed by atoms with Crippen LogP contribution in [0.2, 0.25) is 0 Å². The molecule has 5 nitrogen and oxygen atoms in total. The highest BCUT2D eigenvalue weighted by Gasteiger charge is 2.24. The number of anilines is 1. The maximum atomic E-state index is 5.90. The highest BCUT2D eigenvalue weighted by atomic mass is 32.1. The molecule has 0 amide bonds. The van der Waals surface area contributed by atoms with Gasteiger partial charge in [0, 0.05) is 31.6 Å². The zero-order valence-corrected chi connectivity index (χ0v) is 13.2. The summed E-state index contributed by atoms with van der Waals surface area (Å²) in [6.07, 6.45) is 0.0419. The average molecular weight is 304 g/mol. The van der Waals surface area contributed by atoms with Gasteiger partial charge in [-0.25, -0.2) is 9.97 Å².